The number of likely N-dealkylation sites (tertiary alicyclic amines) is 1. The zero-order chi connectivity index (χ0) is 24.3. The number of carbonyl (C=O) groups is 2. The second kappa shape index (κ2) is 10.2. The Kier molecular flexibility index (Phi) is 7.32. The molecular formula is C23H28F2N4O4S. The van der Waals surface area contributed by atoms with Crippen LogP contribution in [0.25, 0.3) is 0 Å². The number of hydrogen-bond donors (Lipinski definition) is 2. The second-order valence-corrected chi connectivity index (χ2v) is 10.7. The Labute approximate surface area is 197 Å². The Bertz CT molecular complexity index is 1160. The first-order chi connectivity index (χ1) is 16.3. The highest BCUT2D eigenvalue weighted by Gasteiger charge is 2.34. The highest BCUT2D eigenvalue weighted by molar-refractivity contribution is 7.89. The van der Waals surface area contributed by atoms with E-state index in [-0.39, 0.29) is 35.3 Å². The van der Waals surface area contributed by atoms with E-state index in [9.17, 15) is 26.8 Å². The number of aromatic nitrogens is 1. The van der Waals surface area contributed by atoms with Crippen LogP contribution < -0.4 is 5.32 Å². The first-order valence-electron chi connectivity index (χ1n) is 11.5. The molecule has 0 spiro atoms. The van der Waals surface area contributed by atoms with Crippen LogP contribution in [0.3, 0.4) is 0 Å². The molecule has 1 atom stereocenters. The van der Waals surface area contributed by atoms with Gasteiger partial charge in [-0.3, -0.25) is 9.59 Å². The third-order valence-corrected chi connectivity index (χ3v) is 8.20. The van der Waals surface area contributed by atoms with Crippen LogP contribution in [0.5, 0.6) is 0 Å². The molecule has 0 radical (unpaired) electrons. The molecule has 8 nitrogen and oxygen atoms in total. The van der Waals surface area contributed by atoms with Crippen molar-refractivity contribution >= 4 is 27.5 Å². The number of nitrogens with zero attached hydrogens (tertiary/aromatic N) is 2. The van der Waals surface area contributed by atoms with E-state index in [0.29, 0.717) is 32.0 Å². The fourth-order valence-corrected chi connectivity index (χ4v) is 5.96. The van der Waals surface area contributed by atoms with E-state index in [0.717, 1.165) is 37.8 Å². The number of rotatable bonds is 5. The molecule has 2 amide bonds. The SMILES string of the molecule is O=C(Nc1ccc(F)cc1F)[C@@H]1CCCN(S(=O)(=O)c2c[nH]c(C(=O)N3CCCCCC3)c2)C1. The first kappa shape index (κ1) is 24.3. The molecule has 1 aromatic heterocycles. The molecule has 0 unspecified atom stereocenters. The maximum absolute atomic E-state index is 13.9. The highest BCUT2D eigenvalue weighted by Crippen LogP contribution is 2.26. The molecule has 184 valence electrons. The van der Waals surface area contributed by atoms with Crippen LogP contribution in [-0.4, -0.2) is 60.6 Å². The van der Waals surface area contributed by atoms with Crippen LogP contribution in [0, 0.1) is 17.6 Å². The Morgan fingerprint density at radius 3 is 2.44 bits per heavy atom. The number of aromatic amines is 1. The summed E-state index contributed by atoms with van der Waals surface area (Å²) in [6.07, 6.45) is 6.20. The molecule has 2 aliphatic heterocycles. The summed E-state index contributed by atoms with van der Waals surface area (Å²) >= 11 is 0. The van der Waals surface area contributed by atoms with Gasteiger partial charge in [0.2, 0.25) is 15.9 Å². The van der Waals surface area contributed by atoms with E-state index < -0.39 is 33.5 Å². The monoisotopic (exact) mass is 494 g/mol. The topological polar surface area (TPSA) is 103 Å². The van der Waals surface area contributed by atoms with Gasteiger partial charge in [-0.2, -0.15) is 4.31 Å². The van der Waals surface area contributed by atoms with Crippen molar-refractivity contribution in [3.63, 3.8) is 0 Å². The fourth-order valence-electron chi connectivity index (χ4n) is 4.44. The third kappa shape index (κ3) is 5.30. The van der Waals surface area contributed by atoms with Gasteiger partial charge in [0, 0.05) is 38.4 Å². The molecule has 2 fully saturated rings. The summed E-state index contributed by atoms with van der Waals surface area (Å²) < 4.78 is 54.7. The van der Waals surface area contributed by atoms with E-state index in [4.69, 9.17) is 0 Å². The van der Waals surface area contributed by atoms with Gasteiger partial charge in [-0.25, -0.2) is 17.2 Å². The maximum Gasteiger partial charge on any atom is 0.270 e. The lowest BCUT2D eigenvalue weighted by molar-refractivity contribution is -0.120. The van der Waals surface area contributed by atoms with Crippen molar-refractivity contribution in [3.05, 3.63) is 47.8 Å². The van der Waals surface area contributed by atoms with Crippen molar-refractivity contribution in [2.24, 2.45) is 5.92 Å². The largest absolute Gasteiger partial charge is 0.356 e. The highest BCUT2D eigenvalue weighted by atomic mass is 32.2. The molecule has 1 aromatic carbocycles. The van der Waals surface area contributed by atoms with Crippen molar-refractivity contribution < 1.29 is 26.8 Å². The van der Waals surface area contributed by atoms with Crippen molar-refractivity contribution in [1.29, 1.82) is 0 Å². The summed E-state index contributed by atoms with van der Waals surface area (Å²) in [6, 6.07) is 4.18. The van der Waals surface area contributed by atoms with Crippen LogP contribution in [0.2, 0.25) is 0 Å². The van der Waals surface area contributed by atoms with Crippen molar-refractivity contribution in [1.82, 2.24) is 14.2 Å². The van der Waals surface area contributed by atoms with Gasteiger partial charge < -0.3 is 15.2 Å². The van der Waals surface area contributed by atoms with Crippen molar-refractivity contribution in [2.75, 3.05) is 31.5 Å². The standard InChI is InChI=1S/C23H28F2N4O4S/c24-17-7-8-20(19(25)12-17)27-22(30)16-6-5-11-29(15-16)34(32,33)18-13-21(26-14-18)23(31)28-9-3-1-2-4-10-28/h7-8,12-14,16,26H,1-6,9-11,15H2,(H,27,30)/t16-/m1/s1. The molecule has 2 aliphatic rings. The smallest absolute Gasteiger partial charge is 0.270 e. The molecule has 2 aromatic rings. The van der Waals surface area contributed by atoms with Gasteiger partial charge in [-0.15, -0.1) is 0 Å². The number of H-pyrrole nitrogens is 1. The molecule has 4 rings (SSSR count). The van der Waals surface area contributed by atoms with Crippen molar-refractivity contribution in [3.8, 4) is 0 Å². The van der Waals surface area contributed by atoms with Gasteiger partial charge in [-0.05, 0) is 43.9 Å². The Balaban J connectivity index is 1.44. The number of sulfonamides is 1. The van der Waals surface area contributed by atoms with Crippen LogP contribution in [0.1, 0.15) is 49.0 Å². The predicted molar refractivity (Wildman–Crippen MR) is 122 cm³/mol. The number of anilines is 1. The summed E-state index contributed by atoms with van der Waals surface area (Å²) in [7, 11) is -3.94. The number of carbonyl (C=O) groups excluding carboxylic acids is 2. The van der Waals surface area contributed by atoms with Crippen LogP contribution in [0.15, 0.2) is 35.4 Å². The minimum atomic E-state index is -3.94. The molecule has 0 bridgehead atoms. The van der Waals surface area contributed by atoms with Gasteiger partial charge >= 0.3 is 0 Å². The van der Waals surface area contributed by atoms with Gasteiger partial charge in [0.15, 0.2) is 0 Å². The average molecular weight is 495 g/mol. The second-order valence-electron chi connectivity index (χ2n) is 8.77. The number of halogens is 2. The quantitative estimate of drug-likeness (QED) is 0.666. The molecular weight excluding hydrogens is 466 g/mol. The molecule has 2 N–H and O–H groups in total. The molecule has 0 aliphatic carbocycles. The maximum atomic E-state index is 13.9. The summed E-state index contributed by atoms with van der Waals surface area (Å²) in [5.41, 5.74) is 0.0623. The number of hydrogen-bond acceptors (Lipinski definition) is 4. The average Bonchev–Trinajstić information content (AvgIpc) is 3.17. The lowest BCUT2D eigenvalue weighted by Crippen LogP contribution is -2.43. The van der Waals surface area contributed by atoms with Crippen LogP contribution in [-0.2, 0) is 14.8 Å². The van der Waals surface area contributed by atoms with E-state index >= 15 is 0 Å². The number of nitrogens with one attached hydrogen (secondary N) is 2. The minimum absolute atomic E-state index is 0.0312. The Hall–Kier alpha value is -2.79. The fraction of sp³-hybridized carbons (Fsp3) is 0.478. The van der Waals surface area contributed by atoms with Gasteiger partial charge in [0.1, 0.15) is 22.2 Å². The summed E-state index contributed by atoms with van der Waals surface area (Å²) in [4.78, 5) is 30.0. The lowest BCUT2D eigenvalue weighted by Gasteiger charge is -2.31. The number of benzene rings is 1. The first-order valence-corrected chi connectivity index (χ1v) is 12.9. The number of piperidine rings is 1. The molecule has 34 heavy (non-hydrogen) atoms. The van der Waals surface area contributed by atoms with Crippen molar-refractivity contribution in [2.45, 2.75) is 43.4 Å². The third-order valence-electron chi connectivity index (χ3n) is 6.36. The summed E-state index contributed by atoms with van der Waals surface area (Å²) in [5, 5.41) is 2.42. The summed E-state index contributed by atoms with van der Waals surface area (Å²) in [6.45, 7) is 1.46. The number of amides is 2. The zero-order valence-electron chi connectivity index (χ0n) is 18.7. The molecule has 11 heteroatoms. The van der Waals surface area contributed by atoms with Crippen LogP contribution in [0.4, 0.5) is 14.5 Å². The normalized spacial score (nSPS) is 20.1. The van der Waals surface area contributed by atoms with E-state index in [1.165, 1.54) is 16.6 Å². The van der Waals surface area contributed by atoms with Crippen LogP contribution >= 0.6 is 0 Å². The van der Waals surface area contributed by atoms with E-state index in [1.54, 1.807) is 4.90 Å². The molecule has 3 heterocycles. The van der Waals surface area contributed by atoms with Gasteiger partial charge in [0.05, 0.1) is 11.6 Å². The molecule has 0 saturated carbocycles. The predicted octanol–water partition coefficient (Wildman–Crippen LogP) is 3.35. The van der Waals surface area contributed by atoms with Gasteiger partial charge in [-0.1, -0.05) is 12.8 Å². The molecule has 2 saturated heterocycles. The minimum Gasteiger partial charge on any atom is -0.356 e. The van der Waals surface area contributed by atoms with E-state index in [2.05, 4.69) is 10.3 Å². The zero-order valence-corrected chi connectivity index (χ0v) is 19.5. The Morgan fingerprint density at radius 1 is 1.00 bits per heavy atom. The van der Waals surface area contributed by atoms with Gasteiger partial charge in [0.25, 0.3) is 5.91 Å². The summed E-state index contributed by atoms with van der Waals surface area (Å²) in [5.74, 6) is -3.10. The van der Waals surface area contributed by atoms with E-state index in [1.807, 2.05) is 0 Å². The lowest BCUT2D eigenvalue weighted by atomic mass is 9.98. The Morgan fingerprint density at radius 2 is 1.74 bits per heavy atom.